The Morgan fingerprint density at radius 3 is 2.22 bits per heavy atom. The van der Waals surface area contributed by atoms with E-state index in [9.17, 15) is 22.8 Å². The van der Waals surface area contributed by atoms with Gasteiger partial charge in [0.2, 0.25) is 10.0 Å². The van der Waals surface area contributed by atoms with E-state index in [1.54, 1.807) is 31.2 Å². The molecule has 2 heterocycles. The number of piperidine rings is 1. The summed E-state index contributed by atoms with van der Waals surface area (Å²) < 4.78 is 27.0. The average Bonchev–Trinajstić information content (AvgIpc) is 3.04. The number of sulfonamides is 1. The smallest absolute Gasteiger partial charge is 0.319 e. The highest BCUT2D eigenvalue weighted by atomic mass is 32.2. The Kier molecular flexibility index (Phi) is 5.87. The quantitative estimate of drug-likeness (QED) is 0.532. The van der Waals surface area contributed by atoms with Gasteiger partial charge >= 0.3 is 6.03 Å². The third-order valence-corrected chi connectivity index (χ3v) is 7.97. The van der Waals surface area contributed by atoms with E-state index in [-0.39, 0.29) is 10.5 Å². The molecule has 8 nitrogen and oxygen atoms in total. The SMILES string of the molecule is C[C@@]1(c2ccccc2)NC(=O)N(CC(=O)c2ccc(S(=O)(=O)N3CCCCC3)cc2)C1=O. The topological polar surface area (TPSA) is 104 Å². The fraction of sp³-hybridized carbons (Fsp3) is 0.348. The molecule has 2 fully saturated rings. The summed E-state index contributed by atoms with van der Waals surface area (Å²) in [6, 6.07) is 13.8. The van der Waals surface area contributed by atoms with Crippen LogP contribution in [0, 0.1) is 0 Å². The van der Waals surface area contributed by atoms with Gasteiger partial charge in [-0.05, 0) is 49.6 Å². The van der Waals surface area contributed by atoms with Crippen molar-refractivity contribution < 1.29 is 22.8 Å². The van der Waals surface area contributed by atoms with Crippen molar-refractivity contribution in [2.24, 2.45) is 0 Å². The van der Waals surface area contributed by atoms with E-state index in [1.165, 1.54) is 28.6 Å². The fourth-order valence-electron chi connectivity index (χ4n) is 4.11. The van der Waals surface area contributed by atoms with Gasteiger partial charge in [0.05, 0.1) is 11.4 Å². The second-order valence-electron chi connectivity index (χ2n) is 8.22. The molecular weight excluding hydrogens is 430 g/mol. The predicted molar refractivity (Wildman–Crippen MR) is 117 cm³/mol. The number of amides is 3. The number of hydrogen-bond acceptors (Lipinski definition) is 5. The number of carbonyl (C=O) groups excluding carboxylic acids is 3. The van der Waals surface area contributed by atoms with Crippen molar-refractivity contribution in [3.05, 3.63) is 65.7 Å². The molecule has 0 aromatic heterocycles. The molecule has 9 heteroatoms. The third kappa shape index (κ3) is 3.93. The molecule has 2 aliphatic heterocycles. The number of Topliss-reactive ketones (excluding diaryl/α,β-unsaturated/α-hetero) is 1. The second kappa shape index (κ2) is 8.48. The average molecular weight is 456 g/mol. The van der Waals surface area contributed by atoms with Crippen molar-refractivity contribution >= 4 is 27.7 Å². The molecule has 0 aliphatic carbocycles. The molecule has 0 radical (unpaired) electrons. The standard InChI is InChI=1S/C23H25N3O5S/c1-23(18-8-4-2-5-9-18)21(28)26(22(29)24-23)16-20(27)17-10-12-19(13-11-17)32(30,31)25-14-6-3-7-15-25/h2,4-5,8-13H,3,6-7,14-16H2,1H3,(H,24,29)/t23-/m0/s1. The van der Waals surface area contributed by atoms with Gasteiger partial charge < -0.3 is 5.32 Å². The monoisotopic (exact) mass is 455 g/mol. The molecule has 1 atom stereocenters. The molecule has 0 saturated carbocycles. The number of carbonyl (C=O) groups is 3. The summed E-state index contributed by atoms with van der Waals surface area (Å²) >= 11 is 0. The lowest BCUT2D eigenvalue weighted by atomic mass is 9.92. The summed E-state index contributed by atoms with van der Waals surface area (Å²) in [4.78, 5) is 39.2. The first-order valence-electron chi connectivity index (χ1n) is 10.6. The van der Waals surface area contributed by atoms with E-state index in [1.807, 2.05) is 6.07 Å². The largest absolute Gasteiger partial charge is 0.325 e. The highest BCUT2D eigenvalue weighted by Crippen LogP contribution is 2.29. The number of nitrogens with one attached hydrogen (secondary N) is 1. The molecule has 1 N–H and O–H groups in total. The van der Waals surface area contributed by atoms with E-state index in [2.05, 4.69) is 5.32 Å². The number of imide groups is 1. The van der Waals surface area contributed by atoms with E-state index < -0.39 is 39.8 Å². The molecule has 4 rings (SSSR count). The van der Waals surface area contributed by atoms with E-state index in [0.29, 0.717) is 18.7 Å². The molecule has 0 spiro atoms. The van der Waals surface area contributed by atoms with Crippen molar-refractivity contribution in [2.45, 2.75) is 36.6 Å². The van der Waals surface area contributed by atoms with Crippen LogP contribution in [0.3, 0.4) is 0 Å². The first-order chi connectivity index (χ1) is 15.2. The Bertz CT molecular complexity index is 1140. The Labute approximate surface area is 187 Å². The lowest BCUT2D eigenvalue weighted by molar-refractivity contribution is -0.130. The highest BCUT2D eigenvalue weighted by molar-refractivity contribution is 7.89. The molecule has 2 saturated heterocycles. The molecule has 3 amide bonds. The maximum Gasteiger partial charge on any atom is 0.325 e. The van der Waals surface area contributed by atoms with E-state index in [4.69, 9.17) is 0 Å². The van der Waals surface area contributed by atoms with Gasteiger partial charge in [0.25, 0.3) is 5.91 Å². The zero-order valence-electron chi connectivity index (χ0n) is 17.8. The van der Waals surface area contributed by atoms with Crippen molar-refractivity contribution in [1.82, 2.24) is 14.5 Å². The summed E-state index contributed by atoms with van der Waals surface area (Å²) in [6.45, 7) is 2.17. The number of hydrogen-bond donors (Lipinski definition) is 1. The van der Waals surface area contributed by atoms with Gasteiger partial charge in [0.15, 0.2) is 5.78 Å². The third-order valence-electron chi connectivity index (χ3n) is 6.06. The van der Waals surface area contributed by atoms with Crippen LogP contribution in [0.5, 0.6) is 0 Å². The zero-order chi connectivity index (χ0) is 22.9. The number of nitrogens with zero attached hydrogens (tertiary/aromatic N) is 2. The number of benzene rings is 2. The maximum atomic E-state index is 13.0. The molecule has 2 aromatic rings. The zero-order valence-corrected chi connectivity index (χ0v) is 18.6. The predicted octanol–water partition coefficient (Wildman–Crippen LogP) is 2.51. The van der Waals surface area contributed by atoms with E-state index in [0.717, 1.165) is 24.2 Å². The van der Waals surface area contributed by atoms with Gasteiger partial charge in [-0.1, -0.05) is 36.8 Å². The minimum absolute atomic E-state index is 0.127. The van der Waals surface area contributed by atoms with Crippen LogP contribution in [0.25, 0.3) is 0 Å². The Morgan fingerprint density at radius 1 is 0.969 bits per heavy atom. The van der Waals surface area contributed by atoms with Crippen molar-refractivity contribution in [3.63, 3.8) is 0 Å². The van der Waals surface area contributed by atoms with Gasteiger partial charge in [-0.15, -0.1) is 0 Å². The van der Waals surface area contributed by atoms with Crippen LogP contribution >= 0.6 is 0 Å². The summed E-state index contributed by atoms with van der Waals surface area (Å²) in [5, 5.41) is 2.67. The van der Waals surface area contributed by atoms with Crippen molar-refractivity contribution in [3.8, 4) is 0 Å². The van der Waals surface area contributed by atoms with E-state index >= 15 is 0 Å². The lowest BCUT2D eigenvalue weighted by Crippen LogP contribution is -2.41. The van der Waals surface area contributed by atoms with Gasteiger partial charge in [0.1, 0.15) is 5.54 Å². The Balaban J connectivity index is 1.48. The highest BCUT2D eigenvalue weighted by Gasteiger charge is 2.49. The van der Waals surface area contributed by atoms with Crippen LogP contribution in [-0.2, 0) is 20.4 Å². The summed E-state index contributed by atoms with van der Waals surface area (Å²) in [6.07, 6.45) is 2.69. The van der Waals surface area contributed by atoms with Crippen LogP contribution in [0.15, 0.2) is 59.5 Å². The van der Waals surface area contributed by atoms with Gasteiger partial charge in [-0.2, -0.15) is 4.31 Å². The van der Waals surface area contributed by atoms with Crippen molar-refractivity contribution in [1.29, 1.82) is 0 Å². The molecule has 32 heavy (non-hydrogen) atoms. The van der Waals surface area contributed by atoms with Crippen molar-refractivity contribution in [2.75, 3.05) is 19.6 Å². The maximum absolute atomic E-state index is 13.0. The molecule has 168 valence electrons. The number of ketones is 1. The fourth-order valence-corrected chi connectivity index (χ4v) is 5.63. The summed E-state index contributed by atoms with van der Waals surface area (Å²) in [5.74, 6) is -0.959. The van der Waals surface area contributed by atoms with Crippen LogP contribution in [0.4, 0.5) is 4.79 Å². The van der Waals surface area contributed by atoms with Crippen LogP contribution < -0.4 is 5.32 Å². The Morgan fingerprint density at radius 2 is 1.59 bits per heavy atom. The number of urea groups is 1. The number of rotatable bonds is 6. The molecule has 2 aliphatic rings. The van der Waals surface area contributed by atoms with Crippen LogP contribution in [-0.4, -0.2) is 55.0 Å². The van der Waals surface area contributed by atoms with Crippen LogP contribution in [0.2, 0.25) is 0 Å². The normalized spacial score (nSPS) is 22.1. The summed E-state index contributed by atoms with van der Waals surface area (Å²) in [5.41, 5.74) is -0.387. The van der Waals surface area contributed by atoms with Gasteiger partial charge in [-0.3, -0.25) is 14.5 Å². The molecule has 2 aromatic carbocycles. The lowest BCUT2D eigenvalue weighted by Gasteiger charge is -2.25. The minimum atomic E-state index is -3.60. The molecule has 0 bridgehead atoms. The second-order valence-corrected chi connectivity index (χ2v) is 10.2. The first-order valence-corrected chi connectivity index (χ1v) is 12.0. The molecular formula is C23H25N3O5S. The van der Waals surface area contributed by atoms with Gasteiger partial charge in [0, 0.05) is 18.7 Å². The first kappa shape index (κ1) is 22.2. The van der Waals surface area contributed by atoms with Crippen LogP contribution in [0.1, 0.15) is 42.1 Å². The minimum Gasteiger partial charge on any atom is -0.319 e. The van der Waals surface area contributed by atoms with Gasteiger partial charge in [-0.25, -0.2) is 13.2 Å². The molecule has 0 unspecified atom stereocenters. The summed E-state index contributed by atoms with van der Waals surface area (Å²) in [7, 11) is -3.60. The Hall–Kier alpha value is -3.04.